The van der Waals surface area contributed by atoms with Crippen LogP contribution in [-0.4, -0.2) is 16.0 Å². The Bertz CT molecular complexity index is 508. The van der Waals surface area contributed by atoms with Gasteiger partial charge < -0.3 is 5.32 Å². The molecular weight excluding hydrogens is 262 g/mol. The summed E-state index contributed by atoms with van der Waals surface area (Å²) in [7, 11) is 0. The van der Waals surface area contributed by atoms with Crippen LogP contribution in [-0.2, 0) is 6.54 Å². The molecule has 0 saturated carbocycles. The summed E-state index contributed by atoms with van der Waals surface area (Å²) in [4.78, 5) is 0. The predicted octanol–water partition coefficient (Wildman–Crippen LogP) is 3.82. The Labute approximate surface area is 115 Å². The van der Waals surface area contributed by atoms with Crippen LogP contribution in [0.3, 0.4) is 0 Å². The molecule has 2 rings (SSSR count). The molecule has 0 aliphatic heterocycles. The highest BCUT2D eigenvalue weighted by atomic mass is 32.2. The standard InChI is InChI=1S/C13H15N3S2/c1-10(2)9-17-13-16-15-12(18-13)14-8-11-6-4-3-5-7-11/h3-7H,1,8-9H2,2H3,(H,14,15). The first-order valence-electron chi connectivity index (χ1n) is 5.62. The Morgan fingerprint density at radius 1 is 1.33 bits per heavy atom. The Hall–Kier alpha value is -1.33. The molecule has 0 aliphatic carbocycles. The maximum atomic E-state index is 4.13. The Morgan fingerprint density at radius 2 is 2.11 bits per heavy atom. The molecule has 5 heteroatoms. The van der Waals surface area contributed by atoms with Gasteiger partial charge in [-0.2, -0.15) is 0 Å². The minimum Gasteiger partial charge on any atom is -0.356 e. The fourth-order valence-electron chi connectivity index (χ4n) is 1.30. The summed E-state index contributed by atoms with van der Waals surface area (Å²) in [6, 6.07) is 10.3. The van der Waals surface area contributed by atoms with E-state index < -0.39 is 0 Å². The van der Waals surface area contributed by atoms with Gasteiger partial charge in [0.25, 0.3) is 0 Å². The van der Waals surface area contributed by atoms with Crippen molar-refractivity contribution in [2.24, 2.45) is 0 Å². The molecule has 3 nitrogen and oxygen atoms in total. The van der Waals surface area contributed by atoms with Crippen LogP contribution in [0.25, 0.3) is 0 Å². The minimum atomic E-state index is 0.778. The maximum Gasteiger partial charge on any atom is 0.206 e. The van der Waals surface area contributed by atoms with E-state index in [1.165, 1.54) is 5.56 Å². The van der Waals surface area contributed by atoms with Crippen molar-refractivity contribution in [3.63, 3.8) is 0 Å². The molecule has 0 unspecified atom stereocenters. The van der Waals surface area contributed by atoms with Crippen LogP contribution >= 0.6 is 23.1 Å². The van der Waals surface area contributed by atoms with E-state index in [0.717, 1.165) is 27.3 Å². The topological polar surface area (TPSA) is 37.8 Å². The predicted molar refractivity (Wildman–Crippen MR) is 79.2 cm³/mol. The monoisotopic (exact) mass is 277 g/mol. The van der Waals surface area contributed by atoms with Crippen LogP contribution in [0.5, 0.6) is 0 Å². The van der Waals surface area contributed by atoms with Crippen LogP contribution in [0, 0.1) is 0 Å². The first kappa shape index (κ1) is 13.1. The number of nitrogens with zero attached hydrogens (tertiary/aromatic N) is 2. The average Bonchev–Trinajstić information content (AvgIpc) is 2.83. The molecule has 0 fully saturated rings. The third-order valence-electron chi connectivity index (χ3n) is 2.14. The van der Waals surface area contributed by atoms with Crippen molar-refractivity contribution in [1.29, 1.82) is 0 Å². The van der Waals surface area contributed by atoms with E-state index in [1.807, 2.05) is 25.1 Å². The van der Waals surface area contributed by atoms with E-state index in [4.69, 9.17) is 0 Å². The van der Waals surface area contributed by atoms with Gasteiger partial charge in [-0.25, -0.2) is 0 Å². The van der Waals surface area contributed by atoms with E-state index in [-0.39, 0.29) is 0 Å². The van der Waals surface area contributed by atoms with Gasteiger partial charge in [-0.3, -0.25) is 0 Å². The van der Waals surface area contributed by atoms with E-state index in [1.54, 1.807) is 23.1 Å². The lowest BCUT2D eigenvalue weighted by Gasteiger charge is -2.00. The summed E-state index contributed by atoms with van der Waals surface area (Å²) >= 11 is 3.26. The zero-order valence-electron chi connectivity index (χ0n) is 10.2. The van der Waals surface area contributed by atoms with E-state index in [9.17, 15) is 0 Å². The number of hydrogen-bond donors (Lipinski definition) is 1. The molecule has 0 aliphatic rings. The molecule has 1 heterocycles. The van der Waals surface area contributed by atoms with Crippen molar-refractivity contribution < 1.29 is 0 Å². The third kappa shape index (κ3) is 4.16. The SMILES string of the molecule is C=C(C)CSc1nnc(NCc2ccccc2)s1. The lowest BCUT2D eigenvalue weighted by molar-refractivity contribution is 0.996. The van der Waals surface area contributed by atoms with Crippen molar-refractivity contribution >= 4 is 28.2 Å². The van der Waals surface area contributed by atoms with E-state index in [2.05, 4.69) is 34.2 Å². The maximum absolute atomic E-state index is 4.13. The molecular formula is C13H15N3S2. The number of aromatic nitrogens is 2. The number of anilines is 1. The van der Waals surface area contributed by atoms with Crippen molar-refractivity contribution in [3.8, 4) is 0 Å². The van der Waals surface area contributed by atoms with Gasteiger partial charge in [-0.15, -0.1) is 10.2 Å². The molecule has 94 valence electrons. The van der Waals surface area contributed by atoms with E-state index in [0.29, 0.717) is 0 Å². The Morgan fingerprint density at radius 3 is 2.83 bits per heavy atom. The molecule has 1 aromatic heterocycles. The summed E-state index contributed by atoms with van der Waals surface area (Å²) in [5.74, 6) is 0.896. The van der Waals surface area contributed by atoms with Crippen LogP contribution in [0.4, 0.5) is 5.13 Å². The summed E-state index contributed by atoms with van der Waals surface area (Å²) in [6.45, 7) is 6.67. The molecule has 0 atom stereocenters. The molecule has 1 aromatic carbocycles. The third-order valence-corrected chi connectivity index (χ3v) is 4.38. The van der Waals surface area contributed by atoms with Gasteiger partial charge >= 0.3 is 0 Å². The van der Waals surface area contributed by atoms with Crippen molar-refractivity contribution in [1.82, 2.24) is 10.2 Å². The van der Waals surface area contributed by atoms with E-state index >= 15 is 0 Å². The van der Waals surface area contributed by atoms with Gasteiger partial charge in [0.2, 0.25) is 5.13 Å². The van der Waals surface area contributed by atoms with Gasteiger partial charge in [0, 0.05) is 12.3 Å². The van der Waals surface area contributed by atoms with Crippen molar-refractivity contribution in [2.45, 2.75) is 17.8 Å². The van der Waals surface area contributed by atoms with Crippen molar-refractivity contribution in [3.05, 3.63) is 48.0 Å². The minimum absolute atomic E-state index is 0.778. The normalized spacial score (nSPS) is 10.3. The number of nitrogens with one attached hydrogen (secondary N) is 1. The number of benzene rings is 1. The van der Waals surface area contributed by atoms with Crippen molar-refractivity contribution in [2.75, 3.05) is 11.1 Å². The molecule has 1 N–H and O–H groups in total. The molecule has 0 spiro atoms. The quantitative estimate of drug-likeness (QED) is 0.643. The molecule has 18 heavy (non-hydrogen) atoms. The van der Waals surface area contributed by atoms with Crippen LogP contribution in [0.2, 0.25) is 0 Å². The summed E-state index contributed by atoms with van der Waals surface area (Å²) in [5, 5.41) is 12.4. The summed E-state index contributed by atoms with van der Waals surface area (Å²) in [6.07, 6.45) is 0. The summed E-state index contributed by atoms with van der Waals surface area (Å²) in [5.41, 5.74) is 2.39. The Balaban J connectivity index is 1.85. The second kappa shape index (κ2) is 6.56. The largest absolute Gasteiger partial charge is 0.356 e. The van der Waals surface area contributed by atoms with Gasteiger partial charge in [0.15, 0.2) is 4.34 Å². The highest BCUT2D eigenvalue weighted by Gasteiger charge is 2.04. The Kier molecular flexibility index (Phi) is 4.78. The zero-order chi connectivity index (χ0) is 12.8. The zero-order valence-corrected chi connectivity index (χ0v) is 11.9. The number of rotatable bonds is 6. The lowest BCUT2D eigenvalue weighted by Crippen LogP contribution is -1.98. The van der Waals surface area contributed by atoms with Gasteiger partial charge in [0.1, 0.15) is 0 Å². The number of hydrogen-bond acceptors (Lipinski definition) is 5. The second-order valence-electron chi connectivity index (χ2n) is 3.96. The molecule has 2 aromatic rings. The fourth-order valence-corrected chi connectivity index (χ4v) is 2.89. The van der Waals surface area contributed by atoms with Crippen LogP contribution in [0.1, 0.15) is 12.5 Å². The first-order valence-corrected chi connectivity index (χ1v) is 7.43. The summed E-state index contributed by atoms with van der Waals surface area (Å²) < 4.78 is 0.980. The smallest absolute Gasteiger partial charge is 0.206 e. The van der Waals surface area contributed by atoms with Crippen LogP contribution in [0.15, 0.2) is 46.8 Å². The van der Waals surface area contributed by atoms with Gasteiger partial charge in [-0.05, 0) is 12.5 Å². The number of thioether (sulfide) groups is 1. The fraction of sp³-hybridized carbons (Fsp3) is 0.231. The molecule has 0 bridgehead atoms. The molecule has 0 saturated heterocycles. The molecule has 0 amide bonds. The van der Waals surface area contributed by atoms with Crippen LogP contribution < -0.4 is 5.32 Å². The highest BCUT2D eigenvalue weighted by Crippen LogP contribution is 2.26. The second-order valence-corrected chi connectivity index (χ2v) is 6.16. The first-order chi connectivity index (χ1) is 8.74. The highest BCUT2D eigenvalue weighted by molar-refractivity contribution is 8.01. The van der Waals surface area contributed by atoms with Gasteiger partial charge in [0.05, 0.1) is 0 Å². The molecule has 0 radical (unpaired) electrons. The van der Waals surface area contributed by atoms with Gasteiger partial charge in [-0.1, -0.05) is 65.6 Å². The average molecular weight is 277 g/mol. The lowest BCUT2D eigenvalue weighted by atomic mass is 10.2.